The highest BCUT2D eigenvalue weighted by atomic mass is 16.5. The van der Waals surface area contributed by atoms with Gasteiger partial charge in [0.05, 0.1) is 7.11 Å². The minimum atomic E-state index is -0.254. The van der Waals surface area contributed by atoms with Gasteiger partial charge in [0.2, 0.25) is 5.78 Å². The van der Waals surface area contributed by atoms with Crippen LogP contribution in [0.5, 0.6) is 0 Å². The lowest BCUT2D eigenvalue weighted by Gasteiger charge is -2.28. The van der Waals surface area contributed by atoms with Gasteiger partial charge < -0.3 is 9.47 Å². The van der Waals surface area contributed by atoms with E-state index in [-0.39, 0.29) is 29.0 Å². The first kappa shape index (κ1) is 19.2. The van der Waals surface area contributed by atoms with Crippen molar-refractivity contribution in [3.8, 4) is 0 Å². The van der Waals surface area contributed by atoms with E-state index < -0.39 is 0 Å². The van der Waals surface area contributed by atoms with Crippen molar-refractivity contribution >= 4 is 11.6 Å². The number of ketones is 2. The zero-order chi connectivity index (χ0) is 18.4. The van der Waals surface area contributed by atoms with Crippen LogP contribution in [0, 0.1) is 0 Å². The van der Waals surface area contributed by atoms with Crippen molar-refractivity contribution in [2.24, 2.45) is 0 Å². The van der Waals surface area contributed by atoms with Crippen LogP contribution >= 0.6 is 0 Å². The summed E-state index contributed by atoms with van der Waals surface area (Å²) >= 11 is 0. The zero-order valence-electron chi connectivity index (χ0n) is 15.7. The van der Waals surface area contributed by atoms with Crippen LogP contribution in [0.4, 0.5) is 0 Å². The van der Waals surface area contributed by atoms with Crippen molar-refractivity contribution in [1.29, 1.82) is 0 Å². The number of unbranched alkanes of at least 4 members (excludes halogenated alkanes) is 2. The highest BCUT2D eigenvalue weighted by molar-refractivity contribution is 6.23. The average Bonchev–Trinajstić information content (AvgIpc) is 2.58. The second-order valence-electron chi connectivity index (χ2n) is 6.77. The minimum Gasteiger partial charge on any atom is -0.496 e. The number of hydrogen-bond acceptors (Lipinski definition) is 4. The molecule has 1 aliphatic heterocycles. The fraction of sp³-hybridized carbons (Fsp3) is 0.524. The molecule has 4 nitrogen and oxygen atoms in total. The first-order chi connectivity index (χ1) is 12.0. The Kier molecular flexibility index (Phi) is 6.80. The van der Waals surface area contributed by atoms with Gasteiger partial charge >= 0.3 is 0 Å². The van der Waals surface area contributed by atoms with Crippen LogP contribution < -0.4 is 0 Å². The molecule has 0 spiro atoms. The van der Waals surface area contributed by atoms with Gasteiger partial charge in [-0.25, -0.2) is 0 Å². The van der Waals surface area contributed by atoms with Gasteiger partial charge in [-0.3, -0.25) is 9.59 Å². The van der Waals surface area contributed by atoms with Crippen molar-refractivity contribution in [2.45, 2.75) is 65.4 Å². The molecule has 25 heavy (non-hydrogen) atoms. The van der Waals surface area contributed by atoms with E-state index in [1.165, 1.54) is 18.8 Å². The van der Waals surface area contributed by atoms with Crippen molar-refractivity contribution in [1.82, 2.24) is 0 Å². The molecule has 0 bridgehead atoms. The van der Waals surface area contributed by atoms with Gasteiger partial charge in [0.25, 0.3) is 0 Å². The van der Waals surface area contributed by atoms with Gasteiger partial charge in [-0.1, -0.05) is 31.4 Å². The van der Waals surface area contributed by atoms with Gasteiger partial charge in [-0.05, 0) is 51.7 Å². The number of methoxy groups -OCH3 is 1. The molecule has 2 aliphatic rings. The van der Waals surface area contributed by atoms with Crippen molar-refractivity contribution < 1.29 is 19.1 Å². The molecule has 1 heterocycles. The largest absolute Gasteiger partial charge is 0.496 e. The molecule has 1 atom stereocenters. The number of rotatable bonds is 8. The second kappa shape index (κ2) is 8.84. The van der Waals surface area contributed by atoms with Gasteiger partial charge in [0.15, 0.2) is 11.5 Å². The molecule has 1 unspecified atom stereocenters. The number of allylic oxidation sites excluding steroid dienone is 5. The molecule has 0 aromatic carbocycles. The lowest BCUT2D eigenvalue weighted by atomic mass is 9.89. The maximum absolute atomic E-state index is 12.8. The molecule has 0 radical (unpaired) electrons. The monoisotopic (exact) mass is 344 g/mol. The maximum atomic E-state index is 12.8. The molecule has 0 aromatic heterocycles. The first-order valence-corrected chi connectivity index (χ1v) is 9.08. The predicted molar refractivity (Wildman–Crippen MR) is 97.9 cm³/mol. The topological polar surface area (TPSA) is 52.6 Å². The predicted octanol–water partition coefficient (Wildman–Crippen LogP) is 4.57. The Balaban J connectivity index is 2.18. The summed E-state index contributed by atoms with van der Waals surface area (Å²) in [5.41, 5.74) is 2.07. The molecule has 0 N–H and O–H groups in total. The quantitative estimate of drug-likeness (QED) is 0.367. The summed E-state index contributed by atoms with van der Waals surface area (Å²) in [5, 5.41) is 0. The molecule has 4 heteroatoms. The highest BCUT2D eigenvalue weighted by Gasteiger charge is 2.36. The van der Waals surface area contributed by atoms with Crippen LogP contribution in [0.3, 0.4) is 0 Å². The lowest BCUT2D eigenvalue weighted by Crippen LogP contribution is -2.29. The van der Waals surface area contributed by atoms with E-state index in [1.54, 1.807) is 6.08 Å². The average molecular weight is 344 g/mol. The Labute approximate surface area is 150 Å². The lowest BCUT2D eigenvalue weighted by molar-refractivity contribution is -0.119. The van der Waals surface area contributed by atoms with E-state index in [2.05, 4.69) is 26.8 Å². The molecule has 0 fully saturated rings. The molecule has 0 amide bonds. The summed E-state index contributed by atoms with van der Waals surface area (Å²) in [7, 11) is 1.52. The fourth-order valence-electron chi connectivity index (χ4n) is 3.05. The third kappa shape index (κ3) is 4.71. The molecule has 136 valence electrons. The van der Waals surface area contributed by atoms with E-state index in [9.17, 15) is 9.59 Å². The van der Waals surface area contributed by atoms with Crippen LogP contribution in [-0.2, 0) is 19.1 Å². The minimum absolute atomic E-state index is 0.166. The van der Waals surface area contributed by atoms with Gasteiger partial charge in [-0.2, -0.15) is 0 Å². The summed E-state index contributed by atoms with van der Waals surface area (Å²) < 4.78 is 11.3. The van der Waals surface area contributed by atoms with E-state index in [1.807, 2.05) is 0 Å². The molecule has 0 saturated carbocycles. The summed E-state index contributed by atoms with van der Waals surface area (Å²) in [4.78, 5) is 25.3. The SMILES string of the molecule is CCCCCC1=CC(=O)C2=C(OC(CCC=C(C)C)C=C2OC)C1=O. The highest BCUT2D eigenvalue weighted by Crippen LogP contribution is 2.34. The van der Waals surface area contributed by atoms with E-state index in [0.717, 1.165) is 32.1 Å². The third-order valence-corrected chi connectivity index (χ3v) is 4.40. The normalized spacial score (nSPS) is 19.8. The summed E-state index contributed by atoms with van der Waals surface area (Å²) in [5.74, 6) is 0.253. The Morgan fingerprint density at radius 3 is 2.68 bits per heavy atom. The molecule has 2 rings (SSSR count). The Hall–Kier alpha value is -2.10. The van der Waals surface area contributed by atoms with Crippen LogP contribution in [0.25, 0.3) is 0 Å². The number of ether oxygens (including phenoxy) is 2. The maximum Gasteiger partial charge on any atom is 0.224 e. The molecular weight excluding hydrogens is 316 g/mol. The van der Waals surface area contributed by atoms with E-state index in [4.69, 9.17) is 9.47 Å². The van der Waals surface area contributed by atoms with Crippen LogP contribution in [0.15, 0.2) is 46.5 Å². The number of carbonyl (C=O) groups excluding carboxylic acids is 2. The fourth-order valence-corrected chi connectivity index (χ4v) is 3.05. The second-order valence-corrected chi connectivity index (χ2v) is 6.77. The van der Waals surface area contributed by atoms with Gasteiger partial charge in [-0.15, -0.1) is 0 Å². The molecule has 0 aromatic rings. The van der Waals surface area contributed by atoms with Crippen molar-refractivity contribution in [3.63, 3.8) is 0 Å². The first-order valence-electron chi connectivity index (χ1n) is 9.08. The van der Waals surface area contributed by atoms with E-state index in [0.29, 0.717) is 17.8 Å². The smallest absolute Gasteiger partial charge is 0.224 e. The van der Waals surface area contributed by atoms with Crippen LogP contribution in [0.2, 0.25) is 0 Å². The Morgan fingerprint density at radius 2 is 2.04 bits per heavy atom. The number of Topliss-reactive ketones (excluding diaryl/α,β-unsaturated/α-hetero) is 1. The van der Waals surface area contributed by atoms with Crippen molar-refractivity contribution in [2.75, 3.05) is 7.11 Å². The van der Waals surface area contributed by atoms with Crippen molar-refractivity contribution in [3.05, 3.63) is 46.5 Å². The van der Waals surface area contributed by atoms with Crippen LogP contribution in [-0.4, -0.2) is 24.8 Å². The number of carbonyl (C=O) groups is 2. The summed E-state index contributed by atoms with van der Waals surface area (Å²) in [6, 6.07) is 0. The zero-order valence-corrected chi connectivity index (χ0v) is 15.7. The van der Waals surface area contributed by atoms with Crippen LogP contribution in [0.1, 0.15) is 59.3 Å². The molecule has 0 saturated heterocycles. The standard InChI is InChI=1S/C21H28O4/c1-5-6-7-10-15-12-17(22)19-18(24-4)13-16(11-8-9-14(2)3)25-21(19)20(15)23/h9,12-13,16H,5-8,10-11H2,1-4H3. The molecular formula is C21H28O4. The number of hydrogen-bond donors (Lipinski definition) is 0. The van der Waals surface area contributed by atoms with Gasteiger partial charge in [0.1, 0.15) is 17.4 Å². The molecule has 1 aliphatic carbocycles. The summed E-state index contributed by atoms with van der Waals surface area (Å²) in [6.07, 6.45) is 10.4. The summed E-state index contributed by atoms with van der Waals surface area (Å²) in [6.45, 7) is 6.21. The van der Waals surface area contributed by atoms with Gasteiger partial charge in [0, 0.05) is 5.57 Å². The Bertz CT molecular complexity index is 657. The van der Waals surface area contributed by atoms with E-state index >= 15 is 0 Å². The Morgan fingerprint density at radius 1 is 1.28 bits per heavy atom. The third-order valence-electron chi connectivity index (χ3n) is 4.40.